The van der Waals surface area contributed by atoms with E-state index in [4.69, 9.17) is 17.3 Å². The van der Waals surface area contributed by atoms with Gasteiger partial charge >= 0.3 is 0 Å². The molecule has 2 aliphatic rings. The van der Waals surface area contributed by atoms with Crippen molar-refractivity contribution in [3.8, 4) is 0 Å². The van der Waals surface area contributed by atoms with Crippen molar-refractivity contribution < 1.29 is 4.79 Å². The zero-order valence-corrected chi connectivity index (χ0v) is 12.6. The van der Waals surface area contributed by atoms with Gasteiger partial charge in [0.2, 0.25) is 0 Å². The number of hydrogen-bond acceptors (Lipinski definition) is 2. The molecule has 2 fully saturated rings. The predicted molar refractivity (Wildman–Crippen MR) is 80.0 cm³/mol. The fourth-order valence-corrected chi connectivity index (χ4v) is 3.27. The standard InChI is InChI=1S/C15H22ClN3O/c1-10(17)11-3-2-6-18(8-11)15(20)14-7-12(16)9-19(14)13-4-5-13/h7,9-11,13H,2-6,8,17H2,1H3. The Hall–Kier alpha value is -1.00. The lowest BCUT2D eigenvalue weighted by atomic mass is 9.92. The number of nitrogens with zero attached hydrogens (tertiary/aromatic N) is 2. The quantitative estimate of drug-likeness (QED) is 0.932. The van der Waals surface area contributed by atoms with E-state index in [1.54, 1.807) is 6.07 Å². The van der Waals surface area contributed by atoms with Crippen molar-refractivity contribution in [2.24, 2.45) is 11.7 Å². The summed E-state index contributed by atoms with van der Waals surface area (Å²) in [6.45, 7) is 3.63. The Balaban J connectivity index is 1.78. The summed E-state index contributed by atoms with van der Waals surface area (Å²) in [5.41, 5.74) is 6.73. The smallest absolute Gasteiger partial charge is 0.270 e. The monoisotopic (exact) mass is 295 g/mol. The third-order valence-corrected chi connectivity index (χ3v) is 4.67. The number of nitrogens with two attached hydrogens (primary N) is 1. The zero-order chi connectivity index (χ0) is 14.3. The van der Waals surface area contributed by atoms with E-state index < -0.39 is 0 Å². The minimum Gasteiger partial charge on any atom is -0.339 e. The molecule has 1 aliphatic carbocycles. The molecule has 0 aromatic carbocycles. The number of piperidine rings is 1. The first-order valence-electron chi connectivity index (χ1n) is 7.48. The van der Waals surface area contributed by atoms with Gasteiger partial charge in [-0.1, -0.05) is 11.6 Å². The molecule has 2 N–H and O–H groups in total. The number of likely N-dealkylation sites (tertiary alicyclic amines) is 1. The Morgan fingerprint density at radius 3 is 2.85 bits per heavy atom. The fraction of sp³-hybridized carbons (Fsp3) is 0.667. The minimum atomic E-state index is 0.106. The molecule has 1 aliphatic heterocycles. The van der Waals surface area contributed by atoms with E-state index in [2.05, 4.69) is 4.57 Å². The lowest BCUT2D eigenvalue weighted by Gasteiger charge is -2.34. The summed E-state index contributed by atoms with van der Waals surface area (Å²) in [5, 5.41) is 0.654. The SMILES string of the molecule is CC(N)C1CCCN(C(=O)c2cc(Cl)cn2C2CC2)C1. The van der Waals surface area contributed by atoms with E-state index in [-0.39, 0.29) is 11.9 Å². The number of rotatable bonds is 3. The largest absolute Gasteiger partial charge is 0.339 e. The van der Waals surface area contributed by atoms with Crippen LogP contribution < -0.4 is 5.73 Å². The molecule has 0 bridgehead atoms. The van der Waals surface area contributed by atoms with E-state index in [1.165, 1.54) is 0 Å². The molecule has 5 heteroatoms. The molecule has 110 valence electrons. The van der Waals surface area contributed by atoms with Gasteiger partial charge in [0.05, 0.1) is 5.02 Å². The second-order valence-corrected chi connectivity index (χ2v) is 6.63. The lowest BCUT2D eigenvalue weighted by molar-refractivity contribution is 0.0650. The normalized spacial score (nSPS) is 24.8. The highest BCUT2D eigenvalue weighted by Crippen LogP contribution is 2.38. The van der Waals surface area contributed by atoms with Crippen LogP contribution in [0, 0.1) is 5.92 Å². The summed E-state index contributed by atoms with van der Waals surface area (Å²) in [6, 6.07) is 2.41. The van der Waals surface area contributed by atoms with Crippen LogP contribution in [0.4, 0.5) is 0 Å². The number of carbonyl (C=O) groups excluding carboxylic acids is 1. The van der Waals surface area contributed by atoms with Gasteiger partial charge in [-0.15, -0.1) is 0 Å². The molecule has 1 aromatic rings. The van der Waals surface area contributed by atoms with Crippen molar-refractivity contribution in [1.29, 1.82) is 0 Å². The summed E-state index contributed by atoms with van der Waals surface area (Å²) in [5.74, 6) is 0.515. The van der Waals surface area contributed by atoms with Crippen molar-refractivity contribution in [3.63, 3.8) is 0 Å². The van der Waals surface area contributed by atoms with Crippen LogP contribution in [0.1, 0.15) is 49.1 Å². The van der Waals surface area contributed by atoms with Gasteiger partial charge in [-0.25, -0.2) is 0 Å². The van der Waals surface area contributed by atoms with Gasteiger partial charge < -0.3 is 15.2 Å². The third-order valence-electron chi connectivity index (χ3n) is 4.46. The first kappa shape index (κ1) is 14.0. The van der Waals surface area contributed by atoms with Crippen molar-refractivity contribution in [2.75, 3.05) is 13.1 Å². The number of aromatic nitrogens is 1. The Kier molecular flexibility index (Phi) is 3.78. The molecule has 3 rings (SSSR count). The summed E-state index contributed by atoms with van der Waals surface area (Å²) in [7, 11) is 0. The van der Waals surface area contributed by atoms with Crippen LogP contribution in [0.2, 0.25) is 5.02 Å². The second-order valence-electron chi connectivity index (χ2n) is 6.19. The number of amides is 1. The molecule has 2 unspecified atom stereocenters. The van der Waals surface area contributed by atoms with E-state index in [9.17, 15) is 4.79 Å². The molecule has 1 saturated carbocycles. The van der Waals surface area contributed by atoms with Gasteiger partial charge in [-0.05, 0) is 44.6 Å². The van der Waals surface area contributed by atoms with Crippen LogP contribution in [0.15, 0.2) is 12.3 Å². The van der Waals surface area contributed by atoms with Gasteiger partial charge in [-0.2, -0.15) is 0 Å². The highest BCUT2D eigenvalue weighted by molar-refractivity contribution is 6.31. The topological polar surface area (TPSA) is 51.3 Å². The predicted octanol–water partition coefficient (Wildman–Crippen LogP) is 2.68. The summed E-state index contributed by atoms with van der Waals surface area (Å²) in [4.78, 5) is 14.7. The summed E-state index contributed by atoms with van der Waals surface area (Å²) < 4.78 is 2.06. The Morgan fingerprint density at radius 1 is 1.45 bits per heavy atom. The molecule has 2 heterocycles. The van der Waals surface area contributed by atoms with Gasteiger partial charge in [0.1, 0.15) is 5.69 Å². The highest BCUT2D eigenvalue weighted by Gasteiger charge is 2.32. The Labute approximate surface area is 124 Å². The number of halogens is 1. The Morgan fingerprint density at radius 2 is 2.20 bits per heavy atom. The van der Waals surface area contributed by atoms with Gasteiger partial charge in [0.25, 0.3) is 5.91 Å². The van der Waals surface area contributed by atoms with Gasteiger partial charge in [0, 0.05) is 31.4 Å². The maximum Gasteiger partial charge on any atom is 0.270 e. The molecule has 20 heavy (non-hydrogen) atoms. The zero-order valence-electron chi connectivity index (χ0n) is 11.9. The molecule has 1 aromatic heterocycles. The van der Waals surface area contributed by atoms with Crippen LogP contribution in [0.3, 0.4) is 0 Å². The first-order chi connectivity index (χ1) is 9.56. The number of carbonyl (C=O) groups is 1. The van der Waals surface area contributed by atoms with Crippen LogP contribution in [-0.4, -0.2) is 34.5 Å². The van der Waals surface area contributed by atoms with E-state index in [0.717, 1.165) is 44.5 Å². The molecule has 2 atom stereocenters. The first-order valence-corrected chi connectivity index (χ1v) is 7.86. The van der Waals surface area contributed by atoms with Crippen LogP contribution >= 0.6 is 11.6 Å². The maximum atomic E-state index is 12.7. The molecular weight excluding hydrogens is 274 g/mol. The fourth-order valence-electron chi connectivity index (χ4n) is 3.06. The Bertz CT molecular complexity index is 507. The maximum absolute atomic E-state index is 12.7. The third kappa shape index (κ3) is 2.72. The van der Waals surface area contributed by atoms with Crippen molar-refractivity contribution in [1.82, 2.24) is 9.47 Å². The van der Waals surface area contributed by atoms with Crippen LogP contribution in [0.5, 0.6) is 0 Å². The van der Waals surface area contributed by atoms with Crippen LogP contribution in [0.25, 0.3) is 0 Å². The molecule has 0 radical (unpaired) electrons. The number of hydrogen-bond donors (Lipinski definition) is 1. The summed E-state index contributed by atoms with van der Waals surface area (Å²) in [6.07, 6.45) is 6.34. The summed E-state index contributed by atoms with van der Waals surface area (Å²) >= 11 is 6.09. The molecule has 1 saturated heterocycles. The molecule has 4 nitrogen and oxygen atoms in total. The van der Waals surface area contributed by atoms with Crippen molar-refractivity contribution in [3.05, 3.63) is 23.0 Å². The van der Waals surface area contributed by atoms with E-state index >= 15 is 0 Å². The van der Waals surface area contributed by atoms with Gasteiger partial charge in [0.15, 0.2) is 0 Å². The van der Waals surface area contributed by atoms with Crippen molar-refractivity contribution in [2.45, 2.75) is 44.7 Å². The average molecular weight is 296 g/mol. The van der Waals surface area contributed by atoms with Gasteiger partial charge in [-0.3, -0.25) is 4.79 Å². The van der Waals surface area contributed by atoms with E-state index in [0.29, 0.717) is 17.0 Å². The van der Waals surface area contributed by atoms with Crippen LogP contribution in [-0.2, 0) is 0 Å². The average Bonchev–Trinajstić information content (AvgIpc) is 3.21. The molecule has 1 amide bonds. The van der Waals surface area contributed by atoms with E-state index in [1.807, 2.05) is 18.0 Å². The molecule has 0 spiro atoms. The van der Waals surface area contributed by atoms with Crippen molar-refractivity contribution >= 4 is 17.5 Å². The second kappa shape index (κ2) is 5.41. The molecular formula is C15H22ClN3O. The lowest BCUT2D eigenvalue weighted by Crippen LogP contribution is -2.45. The minimum absolute atomic E-state index is 0.106. The highest BCUT2D eigenvalue weighted by atomic mass is 35.5.